The first-order chi connectivity index (χ1) is 17.4. The Kier molecular flexibility index (Phi) is 4.80. The molecule has 37 heavy (non-hydrogen) atoms. The van der Waals surface area contributed by atoms with Gasteiger partial charge in [0.05, 0.1) is 22.1 Å². The summed E-state index contributed by atoms with van der Waals surface area (Å²) >= 11 is 0. The molecule has 3 aliphatic heterocycles. The number of fused-ring (bicyclic) bond motifs is 5. The summed E-state index contributed by atoms with van der Waals surface area (Å²) in [4.78, 5) is 46.8. The van der Waals surface area contributed by atoms with Crippen molar-refractivity contribution in [1.82, 2.24) is 20.2 Å². The highest BCUT2D eigenvalue weighted by atomic mass is 16.3. The lowest BCUT2D eigenvalue weighted by molar-refractivity contribution is -0.147. The Hall–Kier alpha value is -3.60. The summed E-state index contributed by atoms with van der Waals surface area (Å²) in [7, 11) is 0. The molecule has 10 heteroatoms. The van der Waals surface area contributed by atoms with Gasteiger partial charge in [0.25, 0.3) is 5.56 Å². The van der Waals surface area contributed by atoms with Gasteiger partial charge in [-0.25, -0.2) is 4.98 Å². The van der Waals surface area contributed by atoms with Gasteiger partial charge < -0.3 is 15.5 Å². The Labute approximate surface area is 212 Å². The van der Waals surface area contributed by atoms with Gasteiger partial charge in [0.2, 0.25) is 11.8 Å². The Morgan fingerprint density at radius 2 is 1.70 bits per heavy atom. The summed E-state index contributed by atoms with van der Waals surface area (Å²) in [6.07, 6.45) is -1.08. The number of hydrogen-bond acceptors (Lipinski definition) is 7. The molecule has 0 radical (unpaired) electrons. The fraction of sp³-hybridized carbons (Fsp3) is 0.407. The minimum absolute atomic E-state index is 0.0123. The van der Waals surface area contributed by atoms with Gasteiger partial charge in [0.15, 0.2) is 11.5 Å². The van der Waals surface area contributed by atoms with E-state index in [1.165, 1.54) is 9.47 Å². The van der Waals surface area contributed by atoms with Crippen molar-refractivity contribution in [2.24, 2.45) is 5.92 Å². The van der Waals surface area contributed by atoms with E-state index in [0.29, 0.717) is 22.2 Å². The third-order valence-corrected chi connectivity index (χ3v) is 8.01. The van der Waals surface area contributed by atoms with E-state index in [-0.39, 0.29) is 18.2 Å². The first-order valence-corrected chi connectivity index (χ1v) is 12.4. The highest BCUT2D eigenvalue weighted by Crippen LogP contribution is 2.51. The van der Waals surface area contributed by atoms with Crippen LogP contribution in [-0.4, -0.2) is 43.3 Å². The van der Waals surface area contributed by atoms with Crippen molar-refractivity contribution in [3.8, 4) is 0 Å². The van der Waals surface area contributed by atoms with Crippen molar-refractivity contribution < 1.29 is 19.8 Å². The van der Waals surface area contributed by atoms with Gasteiger partial charge in [0, 0.05) is 17.9 Å². The quantitative estimate of drug-likeness (QED) is 0.422. The molecule has 3 aromatic rings. The fourth-order valence-corrected chi connectivity index (χ4v) is 5.92. The summed E-state index contributed by atoms with van der Waals surface area (Å²) in [6, 6.07) is 12.6. The molecule has 192 valence electrons. The number of nitrogens with zero attached hydrogens (tertiary/aromatic N) is 3. The third-order valence-electron chi connectivity index (χ3n) is 8.01. The van der Waals surface area contributed by atoms with Crippen LogP contribution in [0.4, 0.5) is 5.69 Å². The number of para-hydroxylation sites is 2. The number of rotatable bonds is 3. The van der Waals surface area contributed by atoms with E-state index in [2.05, 4.69) is 15.6 Å². The lowest BCUT2D eigenvalue weighted by Crippen LogP contribution is -2.62. The van der Waals surface area contributed by atoms with Gasteiger partial charge in [-0.3, -0.25) is 29.2 Å². The first-order valence-electron chi connectivity index (χ1n) is 12.4. The topological polar surface area (TPSA) is 137 Å². The van der Waals surface area contributed by atoms with Crippen molar-refractivity contribution in [3.63, 3.8) is 0 Å². The molecule has 10 nitrogen and oxygen atoms in total. The zero-order chi connectivity index (χ0) is 26.5. The summed E-state index contributed by atoms with van der Waals surface area (Å²) in [5.41, 5.74) is -3.59. The van der Waals surface area contributed by atoms with Gasteiger partial charge in [-0.1, -0.05) is 44.2 Å². The smallest absolute Gasteiger partial charge is 0.262 e. The third kappa shape index (κ3) is 3.03. The molecule has 2 aromatic carbocycles. The van der Waals surface area contributed by atoms with Gasteiger partial charge in [0.1, 0.15) is 17.8 Å². The first kappa shape index (κ1) is 23.8. The number of hydrogen-bond donors (Lipinski definition) is 4. The number of aliphatic hydroxyl groups is 2. The average molecular weight is 504 g/mol. The van der Waals surface area contributed by atoms with E-state index in [9.17, 15) is 24.6 Å². The van der Waals surface area contributed by atoms with Crippen molar-refractivity contribution in [2.45, 2.75) is 63.2 Å². The average Bonchev–Trinajstić information content (AvgIpc) is 3.24. The molecule has 1 aromatic heterocycles. The number of benzene rings is 2. The van der Waals surface area contributed by atoms with E-state index in [1.807, 2.05) is 0 Å². The minimum atomic E-state index is -1.89. The van der Waals surface area contributed by atoms with Crippen LogP contribution >= 0.6 is 0 Å². The number of nitrogens with one attached hydrogen (secondary N) is 2. The Balaban J connectivity index is 1.56. The van der Waals surface area contributed by atoms with Gasteiger partial charge in [-0.05, 0) is 32.0 Å². The van der Waals surface area contributed by atoms with Gasteiger partial charge in [-0.2, -0.15) is 0 Å². The molecule has 3 aliphatic rings. The maximum Gasteiger partial charge on any atom is 0.262 e. The summed E-state index contributed by atoms with van der Waals surface area (Å²) < 4.78 is 1.21. The standard InChI is InChI=1S/C27H29N5O5/c1-14(2)27(37)23-28-17-11-7-5-9-15(17)21(34)31(23)19(20(33)29-27)13-26(36)16-10-6-8-12-18(16)32-22(26)30-25(3,4)24(32)35/h5-12,14,19,22,30,36-37H,13H2,1-4H3,(H,29,33)/t19-,22+,26+,27+/m0/s1. The largest absolute Gasteiger partial charge is 0.381 e. The van der Waals surface area contributed by atoms with E-state index in [1.54, 1.807) is 76.2 Å². The highest BCUT2D eigenvalue weighted by Gasteiger charge is 2.62. The van der Waals surface area contributed by atoms with E-state index in [4.69, 9.17) is 0 Å². The molecular formula is C27H29N5O5. The van der Waals surface area contributed by atoms with Crippen LogP contribution < -0.4 is 21.1 Å². The predicted molar refractivity (Wildman–Crippen MR) is 135 cm³/mol. The summed E-state index contributed by atoms with van der Waals surface area (Å²) in [5, 5.41) is 30.0. The highest BCUT2D eigenvalue weighted by molar-refractivity contribution is 6.05. The number of amides is 2. The fourth-order valence-electron chi connectivity index (χ4n) is 5.92. The molecule has 0 bridgehead atoms. The molecule has 4 heterocycles. The zero-order valence-electron chi connectivity index (χ0n) is 21.0. The van der Waals surface area contributed by atoms with Crippen LogP contribution in [0.25, 0.3) is 10.9 Å². The van der Waals surface area contributed by atoms with Gasteiger partial charge >= 0.3 is 0 Å². The van der Waals surface area contributed by atoms with Crippen LogP contribution in [0.2, 0.25) is 0 Å². The Morgan fingerprint density at radius 3 is 2.43 bits per heavy atom. The SMILES string of the molecule is CC(C)[C@]1(O)NC(=O)[C@H](C[C@@]2(O)c3ccccc3N3C(=O)C(C)(C)N[C@H]32)n2c1nc1ccccc1c2=O. The molecule has 0 spiro atoms. The predicted octanol–water partition coefficient (Wildman–Crippen LogP) is 1.20. The zero-order valence-corrected chi connectivity index (χ0v) is 21.0. The monoisotopic (exact) mass is 503 g/mol. The van der Waals surface area contributed by atoms with Crippen molar-refractivity contribution in [1.29, 1.82) is 0 Å². The molecule has 6 rings (SSSR count). The van der Waals surface area contributed by atoms with Crippen LogP contribution in [0, 0.1) is 5.92 Å². The Morgan fingerprint density at radius 1 is 1.03 bits per heavy atom. The number of carbonyl (C=O) groups is 2. The Bertz CT molecular complexity index is 1550. The van der Waals surface area contributed by atoms with E-state index in [0.717, 1.165) is 0 Å². The molecule has 1 fully saturated rings. The van der Waals surface area contributed by atoms with Crippen molar-refractivity contribution in [3.05, 3.63) is 70.3 Å². The molecular weight excluding hydrogens is 474 g/mol. The lowest BCUT2D eigenvalue weighted by Gasteiger charge is -2.43. The van der Waals surface area contributed by atoms with Crippen LogP contribution in [0.5, 0.6) is 0 Å². The maximum atomic E-state index is 13.8. The van der Waals surface area contributed by atoms with Crippen molar-refractivity contribution in [2.75, 3.05) is 4.90 Å². The second-order valence-electron chi connectivity index (χ2n) is 11.0. The number of carbonyl (C=O) groups excluding carboxylic acids is 2. The molecule has 1 saturated heterocycles. The van der Waals surface area contributed by atoms with Crippen molar-refractivity contribution >= 4 is 28.4 Å². The number of anilines is 1. The normalized spacial score (nSPS) is 29.9. The summed E-state index contributed by atoms with van der Waals surface area (Å²) in [6.45, 7) is 6.92. The minimum Gasteiger partial charge on any atom is -0.381 e. The van der Waals surface area contributed by atoms with Gasteiger partial charge in [-0.15, -0.1) is 0 Å². The molecule has 2 amide bonds. The van der Waals surface area contributed by atoms with E-state index >= 15 is 0 Å². The lowest BCUT2D eigenvalue weighted by atomic mass is 9.84. The molecule has 4 atom stereocenters. The second kappa shape index (κ2) is 7.47. The van der Waals surface area contributed by atoms with Crippen LogP contribution in [0.3, 0.4) is 0 Å². The maximum absolute atomic E-state index is 13.8. The summed E-state index contributed by atoms with van der Waals surface area (Å²) in [5.74, 6) is -1.31. The van der Waals surface area contributed by atoms with Crippen LogP contribution in [0.1, 0.15) is 51.5 Å². The molecule has 4 N–H and O–H groups in total. The number of aromatic nitrogens is 2. The molecule has 0 saturated carbocycles. The van der Waals surface area contributed by atoms with Crippen LogP contribution in [-0.2, 0) is 20.9 Å². The van der Waals surface area contributed by atoms with Crippen LogP contribution in [0.15, 0.2) is 53.3 Å². The molecule has 0 unspecified atom stereocenters. The van der Waals surface area contributed by atoms with E-state index < -0.39 is 46.5 Å². The molecule has 0 aliphatic carbocycles. The second-order valence-corrected chi connectivity index (χ2v) is 11.0.